The second-order valence-electron chi connectivity index (χ2n) is 4.89. The maximum Gasteiger partial charge on any atom is 0.319 e. The van der Waals surface area contributed by atoms with Crippen molar-refractivity contribution in [2.24, 2.45) is 0 Å². The van der Waals surface area contributed by atoms with Gasteiger partial charge < -0.3 is 10.6 Å². The number of nitro groups is 1. The van der Waals surface area contributed by atoms with Crippen molar-refractivity contribution in [3.8, 4) is 0 Å². The van der Waals surface area contributed by atoms with Crippen LogP contribution in [-0.2, 0) is 6.54 Å². The van der Waals surface area contributed by atoms with Crippen LogP contribution in [0.3, 0.4) is 0 Å². The second-order valence-corrected chi connectivity index (χ2v) is 5.33. The minimum absolute atomic E-state index is 0.00776. The highest BCUT2D eigenvalue weighted by Crippen LogP contribution is 2.21. The molecule has 2 N–H and O–H groups in total. The van der Waals surface area contributed by atoms with Gasteiger partial charge in [0, 0.05) is 17.3 Å². The smallest absolute Gasteiger partial charge is 0.319 e. The number of carbonyl (C=O) groups is 1. The van der Waals surface area contributed by atoms with Gasteiger partial charge in [0.25, 0.3) is 0 Å². The van der Waals surface area contributed by atoms with Crippen molar-refractivity contribution in [1.82, 2.24) is 15.1 Å². The highest BCUT2D eigenvalue weighted by atomic mass is 35.5. The Morgan fingerprint density at radius 2 is 2.17 bits per heavy atom. The number of rotatable bonds is 5. The van der Waals surface area contributed by atoms with Crippen LogP contribution in [0.1, 0.15) is 11.4 Å². The summed E-state index contributed by atoms with van der Waals surface area (Å²) in [6.07, 6.45) is 0. The molecule has 9 heteroatoms. The van der Waals surface area contributed by atoms with Gasteiger partial charge in [-0.25, -0.2) is 4.79 Å². The number of anilines is 1. The van der Waals surface area contributed by atoms with E-state index in [-0.39, 0.29) is 18.3 Å². The van der Waals surface area contributed by atoms with Gasteiger partial charge >= 0.3 is 11.7 Å². The van der Waals surface area contributed by atoms with E-state index in [2.05, 4.69) is 15.7 Å². The minimum Gasteiger partial charge on any atom is -0.336 e. The average Bonchev–Trinajstić information content (AvgIpc) is 2.73. The van der Waals surface area contributed by atoms with Crippen LogP contribution in [0.2, 0.25) is 5.02 Å². The first-order chi connectivity index (χ1) is 10.9. The second kappa shape index (κ2) is 7.10. The number of amides is 2. The van der Waals surface area contributed by atoms with Crippen LogP contribution < -0.4 is 10.6 Å². The van der Waals surface area contributed by atoms with Crippen LogP contribution in [-0.4, -0.2) is 27.3 Å². The number of aromatic nitrogens is 2. The highest BCUT2D eigenvalue weighted by Gasteiger charge is 2.21. The first-order valence-electron chi connectivity index (χ1n) is 6.87. The van der Waals surface area contributed by atoms with Gasteiger partial charge in [0.2, 0.25) is 0 Å². The number of carbonyl (C=O) groups excluding carboxylic acids is 1. The molecule has 2 rings (SSSR count). The Balaban J connectivity index is 1.89. The molecule has 0 radical (unpaired) electrons. The van der Waals surface area contributed by atoms with E-state index < -0.39 is 4.92 Å². The zero-order valence-corrected chi connectivity index (χ0v) is 13.4. The Labute approximate surface area is 137 Å². The first-order valence-corrected chi connectivity index (χ1v) is 7.25. The van der Waals surface area contributed by atoms with Gasteiger partial charge in [-0.2, -0.15) is 5.10 Å². The fourth-order valence-electron chi connectivity index (χ4n) is 2.19. The Morgan fingerprint density at radius 3 is 2.78 bits per heavy atom. The zero-order chi connectivity index (χ0) is 17.0. The number of benzene rings is 1. The van der Waals surface area contributed by atoms with Crippen LogP contribution in [0, 0.1) is 24.0 Å². The number of hydrogen-bond acceptors (Lipinski definition) is 4. The molecule has 1 heterocycles. The van der Waals surface area contributed by atoms with Gasteiger partial charge in [-0.05, 0) is 32.0 Å². The Hall–Kier alpha value is -2.61. The van der Waals surface area contributed by atoms with Crippen molar-refractivity contribution < 1.29 is 9.72 Å². The minimum atomic E-state index is -0.451. The van der Waals surface area contributed by atoms with Gasteiger partial charge in [-0.1, -0.05) is 17.7 Å². The topological polar surface area (TPSA) is 102 Å². The van der Waals surface area contributed by atoms with Crippen molar-refractivity contribution in [3.63, 3.8) is 0 Å². The maximum absolute atomic E-state index is 11.8. The third kappa shape index (κ3) is 4.19. The summed E-state index contributed by atoms with van der Waals surface area (Å²) in [6.45, 7) is 3.83. The molecule has 0 saturated carbocycles. The van der Waals surface area contributed by atoms with E-state index >= 15 is 0 Å². The molecule has 8 nitrogen and oxygen atoms in total. The lowest BCUT2D eigenvalue weighted by Gasteiger charge is -2.08. The van der Waals surface area contributed by atoms with E-state index in [1.165, 1.54) is 4.68 Å². The number of nitrogens with one attached hydrogen (secondary N) is 2. The monoisotopic (exact) mass is 337 g/mol. The maximum atomic E-state index is 11.8. The predicted octanol–water partition coefficient (Wildman–Crippen LogP) is 2.88. The largest absolute Gasteiger partial charge is 0.336 e. The number of aryl methyl sites for hydroxylation is 1. The molecule has 0 spiro atoms. The van der Waals surface area contributed by atoms with E-state index in [4.69, 9.17) is 11.6 Å². The summed E-state index contributed by atoms with van der Waals surface area (Å²) in [5.74, 6) is 0. The molecule has 0 bridgehead atoms. The van der Waals surface area contributed by atoms with Gasteiger partial charge in [0.15, 0.2) is 0 Å². The van der Waals surface area contributed by atoms with E-state index in [1.807, 2.05) is 0 Å². The van der Waals surface area contributed by atoms with Gasteiger partial charge in [0.05, 0.1) is 11.5 Å². The normalized spacial score (nSPS) is 10.4. The summed E-state index contributed by atoms with van der Waals surface area (Å²) in [5, 5.41) is 20.9. The third-order valence-corrected chi connectivity index (χ3v) is 3.45. The summed E-state index contributed by atoms with van der Waals surface area (Å²) in [4.78, 5) is 22.3. The van der Waals surface area contributed by atoms with Gasteiger partial charge in [-0.15, -0.1) is 0 Å². The lowest BCUT2D eigenvalue weighted by molar-refractivity contribution is -0.386. The third-order valence-electron chi connectivity index (χ3n) is 3.22. The van der Waals surface area contributed by atoms with E-state index in [0.29, 0.717) is 28.6 Å². The molecule has 0 saturated heterocycles. The first kappa shape index (κ1) is 16.8. The predicted molar refractivity (Wildman–Crippen MR) is 86.8 cm³/mol. The molecule has 0 fully saturated rings. The summed E-state index contributed by atoms with van der Waals surface area (Å²) in [5.41, 5.74) is 1.41. The summed E-state index contributed by atoms with van der Waals surface area (Å²) < 4.78 is 1.51. The van der Waals surface area contributed by atoms with E-state index in [0.717, 1.165) is 0 Å². The molecular formula is C14H16ClN5O3. The lowest BCUT2D eigenvalue weighted by Crippen LogP contribution is -2.31. The van der Waals surface area contributed by atoms with E-state index in [1.54, 1.807) is 38.1 Å². The SMILES string of the molecule is Cc1nn(CCNC(=O)Nc2cccc(Cl)c2)c(C)c1[N+](=O)[O-]. The Morgan fingerprint density at radius 1 is 1.43 bits per heavy atom. The molecule has 2 aromatic rings. The Bertz CT molecular complexity index is 744. The highest BCUT2D eigenvalue weighted by molar-refractivity contribution is 6.30. The number of hydrogen-bond donors (Lipinski definition) is 2. The molecule has 122 valence electrons. The molecule has 1 aromatic heterocycles. The lowest BCUT2D eigenvalue weighted by atomic mass is 10.3. The fourth-order valence-corrected chi connectivity index (χ4v) is 2.38. The summed E-state index contributed by atoms with van der Waals surface area (Å²) in [7, 11) is 0. The van der Waals surface area contributed by atoms with Crippen LogP contribution >= 0.6 is 11.6 Å². The summed E-state index contributed by atoms with van der Waals surface area (Å²) in [6, 6.07) is 6.40. The zero-order valence-electron chi connectivity index (χ0n) is 12.7. The summed E-state index contributed by atoms with van der Waals surface area (Å²) >= 11 is 5.83. The molecule has 0 aliphatic carbocycles. The van der Waals surface area contributed by atoms with Gasteiger partial charge in [0.1, 0.15) is 11.4 Å². The van der Waals surface area contributed by atoms with Crippen LogP contribution in [0.25, 0.3) is 0 Å². The molecule has 0 aliphatic rings. The van der Waals surface area contributed by atoms with Gasteiger partial charge in [-0.3, -0.25) is 14.8 Å². The number of halogens is 1. The van der Waals surface area contributed by atoms with E-state index in [9.17, 15) is 14.9 Å². The fraction of sp³-hybridized carbons (Fsp3) is 0.286. The average molecular weight is 338 g/mol. The van der Waals surface area contributed by atoms with Crippen molar-refractivity contribution in [2.75, 3.05) is 11.9 Å². The molecule has 1 aromatic carbocycles. The Kier molecular flexibility index (Phi) is 5.17. The molecule has 0 atom stereocenters. The van der Waals surface area contributed by atoms with Crippen molar-refractivity contribution in [3.05, 3.63) is 50.8 Å². The molecule has 0 unspecified atom stereocenters. The quantitative estimate of drug-likeness (QED) is 0.646. The number of nitrogens with zero attached hydrogens (tertiary/aromatic N) is 3. The molecule has 2 amide bonds. The van der Waals surface area contributed by atoms with Crippen molar-refractivity contribution >= 4 is 29.0 Å². The standard InChI is InChI=1S/C14H16ClN5O3/c1-9-13(20(22)23)10(2)19(18-9)7-6-16-14(21)17-12-5-3-4-11(15)8-12/h3-5,8H,6-7H2,1-2H3,(H2,16,17,21). The van der Waals surface area contributed by atoms with Crippen LogP contribution in [0.4, 0.5) is 16.2 Å². The van der Waals surface area contributed by atoms with Crippen LogP contribution in [0.15, 0.2) is 24.3 Å². The molecule has 23 heavy (non-hydrogen) atoms. The van der Waals surface area contributed by atoms with Crippen molar-refractivity contribution in [2.45, 2.75) is 20.4 Å². The van der Waals surface area contributed by atoms with Crippen molar-refractivity contribution in [1.29, 1.82) is 0 Å². The van der Waals surface area contributed by atoms with Crippen LogP contribution in [0.5, 0.6) is 0 Å². The molecule has 0 aliphatic heterocycles. The molecular weight excluding hydrogens is 322 g/mol. The number of urea groups is 1.